The smallest absolute Gasteiger partial charge is 0.255 e. The van der Waals surface area contributed by atoms with Gasteiger partial charge in [0.15, 0.2) is 0 Å². The highest BCUT2D eigenvalue weighted by Gasteiger charge is 2.21. The van der Waals surface area contributed by atoms with Gasteiger partial charge >= 0.3 is 0 Å². The summed E-state index contributed by atoms with van der Waals surface area (Å²) in [6, 6.07) is 3.45. The predicted molar refractivity (Wildman–Crippen MR) is 124 cm³/mol. The minimum Gasteiger partial charge on any atom is -0.379 e. The maximum Gasteiger partial charge on any atom is 0.255 e. The van der Waals surface area contributed by atoms with Crippen LogP contribution in [0, 0.1) is 0 Å². The number of anilines is 2. The first-order chi connectivity index (χ1) is 15.4. The van der Waals surface area contributed by atoms with E-state index < -0.39 is 0 Å². The van der Waals surface area contributed by atoms with Crippen LogP contribution in [0.25, 0.3) is 11.1 Å². The van der Waals surface area contributed by atoms with Gasteiger partial charge in [-0.2, -0.15) is 0 Å². The van der Waals surface area contributed by atoms with Crippen LogP contribution in [0.2, 0.25) is 0 Å². The third-order valence-electron chi connectivity index (χ3n) is 5.42. The molecule has 6 nitrogen and oxygen atoms in total. The average Bonchev–Trinajstić information content (AvgIpc) is 3.28. The number of pyridine rings is 2. The lowest BCUT2D eigenvalue weighted by Crippen LogP contribution is -2.35. The Morgan fingerprint density at radius 1 is 1.28 bits per heavy atom. The largest absolute Gasteiger partial charge is 0.379 e. The maximum atomic E-state index is 14.5. The van der Waals surface area contributed by atoms with E-state index in [2.05, 4.69) is 27.2 Å². The molecule has 0 aromatic carbocycles. The van der Waals surface area contributed by atoms with E-state index in [1.165, 1.54) is 6.20 Å². The molecule has 1 unspecified atom stereocenters. The van der Waals surface area contributed by atoms with Crippen molar-refractivity contribution in [2.75, 3.05) is 18.5 Å². The molecule has 1 amide bonds. The number of amides is 1. The van der Waals surface area contributed by atoms with Crippen molar-refractivity contribution in [2.24, 2.45) is 0 Å². The third-order valence-corrected chi connectivity index (χ3v) is 5.71. The van der Waals surface area contributed by atoms with Crippen molar-refractivity contribution >= 4 is 40.0 Å². The molecule has 3 heterocycles. The van der Waals surface area contributed by atoms with Crippen molar-refractivity contribution in [2.45, 2.75) is 32.2 Å². The van der Waals surface area contributed by atoms with Crippen molar-refractivity contribution < 1.29 is 13.9 Å². The number of carbonyl (C=O) groups is 1. The summed E-state index contributed by atoms with van der Waals surface area (Å²) in [5.74, 6) is -0.489. The Hall–Kier alpha value is -3.03. The number of carbonyl (C=O) groups excluding carboxylic acids is 1. The van der Waals surface area contributed by atoms with Crippen molar-refractivity contribution in [3.8, 4) is 0 Å². The summed E-state index contributed by atoms with van der Waals surface area (Å²) in [7, 11) is 0. The van der Waals surface area contributed by atoms with Gasteiger partial charge in [-0.05, 0) is 43.5 Å². The molecular formula is C24H24ClFN4O2. The van der Waals surface area contributed by atoms with Crippen LogP contribution in [-0.2, 0) is 4.74 Å². The fourth-order valence-electron chi connectivity index (χ4n) is 3.67. The van der Waals surface area contributed by atoms with Crippen LogP contribution in [0.5, 0.6) is 0 Å². The lowest BCUT2D eigenvalue weighted by Gasteiger charge is -2.18. The van der Waals surface area contributed by atoms with E-state index in [0.29, 0.717) is 52.9 Å². The summed E-state index contributed by atoms with van der Waals surface area (Å²) >= 11 is 6.15. The predicted octanol–water partition coefficient (Wildman–Crippen LogP) is 5.37. The monoisotopic (exact) mass is 454 g/mol. The molecule has 0 bridgehead atoms. The number of halogens is 2. The molecule has 8 heteroatoms. The molecule has 1 atom stereocenters. The zero-order chi connectivity index (χ0) is 22.7. The number of nitrogens with zero attached hydrogens (tertiary/aromatic N) is 2. The number of nitrogens with one attached hydrogen (secondary N) is 2. The summed E-state index contributed by atoms with van der Waals surface area (Å²) in [6.45, 7) is 7.01. The SMILES string of the molecule is C=C(C)c1cnc(C2=C(F)CCC(Cl)=C2)cc1Nc1ccncc1C(=O)NC1CCOC1. The Kier molecular flexibility index (Phi) is 6.67. The van der Waals surface area contributed by atoms with Crippen LogP contribution < -0.4 is 10.6 Å². The van der Waals surface area contributed by atoms with E-state index in [9.17, 15) is 9.18 Å². The van der Waals surface area contributed by atoms with Gasteiger partial charge in [-0.3, -0.25) is 14.8 Å². The van der Waals surface area contributed by atoms with E-state index in [-0.39, 0.29) is 24.2 Å². The van der Waals surface area contributed by atoms with Gasteiger partial charge in [0, 0.05) is 53.5 Å². The number of hydrogen-bond acceptors (Lipinski definition) is 5. The Morgan fingerprint density at radius 2 is 2.12 bits per heavy atom. The molecule has 1 fully saturated rings. The maximum absolute atomic E-state index is 14.5. The molecular weight excluding hydrogens is 431 g/mol. The summed E-state index contributed by atoms with van der Waals surface area (Å²) in [5.41, 5.74) is 3.98. The molecule has 1 saturated heterocycles. The zero-order valence-electron chi connectivity index (χ0n) is 17.8. The van der Waals surface area contributed by atoms with E-state index in [1.54, 1.807) is 30.6 Å². The molecule has 0 saturated carbocycles. The fourth-order valence-corrected chi connectivity index (χ4v) is 3.87. The lowest BCUT2D eigenvalue weighted by atomic mass is 10.00. The van der Waals surface area contributed by atoms with Crippen LogP contribution in [0.3, 0.4) is 0 Å². The topological polar surface area (TPSA) is 76.1 Å². The molecule has 0 radical (unpaired) electrons. The van der Waals surface area contributed by atoms with Crippen LogP contribution >= 0.6 is 11.6 Å². The zero-order valence-corrected chi connectivity index (χ0v) is 18.5. The highest BCUT2D eigenvalue weighted by molar-refractivity contribution is 6.30. The Labute approximate surface area is 191 Å². The lowest BCUT2D eigenvalue weighted by molar-refractivity contribution is 0.0930. The van der Waals surface area contributed by atoms with Crippen molar-refractivity contribution in [1.29, 1.82) is 0 Å². The fraction of sp³-hybridized carbons (Fsp3) is 0.292. The van der Waals surface area contributed by atoms with Gasteiger partial charge in [0.25, 0.3) is 5.91 Å². The number of allylic oxidation sites excluding steroid dienone is 5. The Balaban J connectivity index is 1.68. The van der Waals surface area contributed by atoms with Gasteiger partial charge in [-0.1, -0.05) is 18.2 Å². The summed E-state index contributed by atoms with van der Waals surface area (Å²) in [4.78, 5) is 21.4. The second-order valence-corrected chi connectivity index (χ2v) is 8.37. The van der Waals surface area contributed by atoms with Crippen molar-refractivity contribution in [3.05, 3.63) is 71.1 Å². The Morgan fingerprint density at radius 3 is 2.88 bits per heavy atom. The highest BCUT2D eigenvalue weighted by Crippen LogP contribution is 2.35. The number of rotatable bonds is 6. The van der Waals surface area contributed by atoms with Crippen molar-refractivity contribution in [3.63, 3.8) is 0 Å². The molecule has 2 aromatic heterocycles. The molecule has 4 rings (SSSR count). The molecule has 2 N–H and O–H groups in total. The number of hydrogen-bond donors (Lipinski definition) is 2. The first-order valence-corrected chi connectivity index (χ1v) is 10.8. The Bertz CT molecular complexity index is 1120. The minimum absolute atomic E-state index is 0.0215. The summed E-state index contributed by atoms with van der Waals surface area (Å²) in [5, 5.41) is 6.87. The van der Waals surface area contributed by atoms with E-state index in [1.807, 2.05) is 6.92 Å². The molecule has 1 aliphatic carbocycles. The first-order valence-electron chi connectivity index (χ1n) is 10.4. The second kappa shape index (κ2) is 9.63. The minimum atomic E-state index is -0.251. The summed E-state index contributed by atoms with van der Waals surface area (Å²) < 4.78 is 19.9. The molecule has 1 aliphatic heterocycles. The average molecular weight is 455 g/mol. The van der Waals surface area contributed by atoms with Crippen molar-refractivity contribution in [1.82, 2.24) is 15.3 Å². The normalized spacial score (nSPS) is 18.3. The van der Waals surface area contributed by atoms with Gasteiger partial charge in [0.1, 0.15) is 5.83 Å². The number of aromatic nitrogens is 2. The van der Waals surface area contributed by atoms with Gasteiger partial charge in [0.2, 0.25) is 0 Å². The molecule has 2 aromatic rings. The molecule has 32 heavy (non-hydrogen) atoms. The molecule has 2 aliphatic rings. The standard InChI is InChI=1S/C24H24ClFN4O2/c1-14(2)18-12-28-22(17-9-15(25)3-4-20(17)26)10-23(18)30-21-5-7-27-11-19(21)24(31)29-16-6-8-32-13-16/h5,7,9-12,16H,1,3-4,6,8,13H2,2H3,(H,29,31)(H,27,28,30). The number of ether oxygens (including phenoxy) is 1. The van der Waals surface area contributed by atoms with Crippen LogP contribution in [-0.4, -0.2) is 35.1 Å². The van der Waals surface area contributed by atoms with E-state index in [4.69, 9.17) is 16.3 Å². The van der Waals surface area contributed by atoms with Gasteiger partial charge in [0.05, 0.1) is 29.6 Å². The van der Waals surface area contributed by atoms with Gasteiger partial charge < -0.3 is 15.4 Å². The highest BCUT2D eigenvalue weighted by atomic mass is 35.5. The van der Waals surface area contributed by atoms with E-state index >= 15 is 0 Å². The second-order valence-electron chi connectivity index (χ2n) is 7.89. The summed E-state index contributed by atoms with van der Waals surface area (Å²) in [6.07, 6.45) is 7.88. The van der Waals surface area contributed by atoms with Crippen LogP contribution in [0.15, 0.2) is 54.2 Å². The van der Waals surface area contributed by atoms with E-state index in [0.717, 1.165) is 17.6 Å². The first kappa shape index (κ1) is 22.2. The quantitative estimate of drug-likeness (QED) is 0.613. The van der Waals surface area contributed by atoms with Gasteiger partial charge in [-0.25, -0.2) is 4.39 Å². The van der Waals surface area contributed by atoms with Gasteiger partial charge in [-0.15, -0.1) is 0 Å². The molecule has 166 valence electrons. The van der Waals surface area contributed by atoms with Crippen LogP contribution in [0.4, 0.5) is 15.8 Å². The molecule has 0 spiro atoms. The third kappa shape index (κ3) is 4.89. The van der Waals surface area contributed by atoms with Crippen LogP contribution in [0.1, 0.15) is 47.8 Å².